The van der Waals surface area contributed by atoms with Crippen molar-refractivity contribution in [3.8, 4) is 5.75 Å². The Hall–Kier alpha value is -1.97. The summed E-state index contributed by atoms with van der Waals surface area (Å²) in [6.45, 7) is 5.50. The number of para-hydroxylation sites is 1. The van der Waals surface area contributed by atoms with Gasteiger partial charge in [0.05, 0.1) is 11.0 Å². The summed E-state index contributed by atoms with van der Waals surface area (Å²) in [5.41, 5.74) is -0.256. The van der Waals surface area contributed by atoms with Crippen molar-refractivity contribution in [3.05, 3.63) is 29.8 Å². The molecule has 0 atom stereocenters. The third-order valence-corrected chi connectivity index (χ3v) is 3.32. The predicted molar refractivity (Wildman–Crippen MR) is 75.8 cm³/mol. The molecule has 0 bridgehead atoms. The van der Waals surface area contributed by atoms with Crippen LogP contribution >= 0.6 is 0 Å². The Labute approximate surface area is 119 Å². The van der Waals surface area contributed by atoms with E-state index in [2.05, 4.69) is 0 Å². The molecule has 0 radical (unpaired) electrons. The molecule has 0 unspecified atom stereocenters. The molecular formula is C16H20O4. The number of hydrogen-bond acceptors (Lipinski definition) is 4. The van der Waals surface area contributed by atoms with Crippen molar-refractivity contribution in [1.29, 1.82) is 0 Å². The molecule has 0 N–H and O–H groups in total. The fraction of sp³-hybridized carbons (Fsp3) is 0.438. The van der Waals surface area contributed by atoms with Gasteiger partial charge in [0.25, 0.3) is 0 Å². The average molecular weight is 276 g/mol. The van der Waals surface area contributed by atoms with Gasteiger partial charge in [-0.1, -0.05) is 19.1 Å². The first-order chi connectivity index (χ1) is 9.42. The minimum absolute atomic E-state index is 0.120. The van der Waals surface area contributed by atoms with Gasteiger partial charge in [0.15, 0.2) is 5.78 Å². The highest BCUT2D eigenvalue weighted by molar-refractivity contribution is 6.00. The molecule has 0 aliphatic carbocycles. The third kappa shape index (κ3) is 4.02. The number of ether oxygens (including phenoxy) is 1. The zero-order valence-corrected chi connectivity index (χ0v) is 12.1. The van der Waals surface area contributed by atoms with Crippen LogP contribution in [0.4, 0.5) is 0 Å². The number of benzene rings is 1. The summed E-state index contributed by atoms with van der Waals surface area (Å²) in [6, 6.07) is 6.61. The molecule has 0 saturated heterocycles. The second-order valence-electron chi connectivity index (χ2n) is 5.25. The standard InChI is InChI=1S/C16H20O4/c1-4-16(2,3)15(19)20-14-10-6-5-8-12(14)13(18)9-7-11-17/h5-6,8,10-11H,4,7,9H2,1-3H3. The first kappa shape index (κ1) is 16.1. The van der Waals surface area contributed by atoms with Gasteiger partial charge in [-0.05, 0) is 32.4 Å². The maximum absolute atomic E-state index is 12.1. The third-order valence-electron chi connectivity index (χ3n) is 3.32. The predicted octanol–water partition coefficient (Wildman–Crippen LogP) is 3.19. The highest BCUT2D eigenvalue weighted by Crippen LogP contribution is 2.26. The Balaban J connectivity index is 2.94. The van der Waals surface area contributed by atoms with Crippen LogP contribution in [0.2, 0.25) is 0 Å². The summed E-state index contributed by atoms with van der Waals surface area (Å²) >= 11 is 0. The quantitative estimate of drug-likeness (QED) is 0.332. The summed E-state index contributed by atoms with van der Waals surface area (Å²) < 4.78 is 5.35. The van der Waals surface area contributed by atoms with Crippen LogP contribution in [0.1, 0.15) is 50.4 Å². The number of esters is 1. The van der Waals surface area contributed by atoms with Crippen LogP contribution in [-0.4, -0.2) is 18.0 Å². The van der Waals surface area contributed by atoms with Gasteiger partial charge in [0, 0.05) is 12.8 Å². The van der Waals surface area contributed by atoms with Gasteiger partial charge in [-0.2, -0.15) is 0 Å². The highest BCUT2D eigenvalue weighted by atomic mass is 16.5. The van der Waals surface area contributed by atoms with Crippen LogP contribution in [0.15, 0.2) is 24.3 Å². The van der Waals surface area contributed by atoms with Gasteiger partial charge in [-0.25, -0.2) is 0 Å². The molecule has 20 heavy (non-hydrogen) atoms. The molecule has 4 nitrogen and oxygen atoms in total. The second-order valence-corrected chi connectivity index (χ2v) is 5.25. The zero-order chi connectivity index (χ0) is 15.2. The average Bonchev–Trinajstić information content (AvgIpc) is 2.45. The Morgan fingerprint density at radius 3 is 2.50 bits per heavy atom. The van der Waals surface area contributed by atoms with E-state index in [-0.39, 0.29) is 30.3 Å². The van der Waals surface area contributed by atoms with E-state index in [9.17, 15) is 14.4 Å². The van der Waals surface area contributed by atoms with Crippen molar-refractivity contribution in [2.75, 3.05) is 0 Å². The summed E-state index contributed by atoms with van der Waals surface area (Å²) in [6.07, 6.45) is 1.64. The molecule has 1 aromatic carbocycles. The second kappa shape index (κ2) is 6.98. The lowest BCUT2D eigenvalue weighted by Gasteiger charge is -2.20. The van der Waals surface area contributed by atoms with Crippen molar-refractivity contribution >= 4 is 18.0 Å². The molecule has 0 amide bonds. The molecule has 4 heteroatoms. The normalized spacial score (nSPS) is 10.9. The van der Waals surface area contributed by atoms with Gasteiger partial charge < -0.3 is 9.53 Å². The first-order valence-electron chi connectivity index (χ1n) is 6.70. The minimum Gasteiger partial charge on any atom is -0.425 e. The molecule has 1 rings (SSSR count). The summed E-state index contributed by atoms with van der Waals surface area (Å²) in [7, 11) is 0. The first-order valence-corrected chi connectivity index (χ1v) is 6.70. The smallest absolute Gasteiger partial charge is 0.316 e. The number of Topliss-reactive ketones (excluding diaryl/α,β-unsaturated/α-hetero) is 1. The van der Waals surface area contributed by atoms with Crippen molar-refractivity contribution in [2.24, 2.45) is 5.41 Å². The monoisotopic (exact) mass is 276 g/mol. The molecule has 0 heterocycles. The molecule has 0 saturated carbocycles. The molecule has 0 fully saturated rings. The Bertz CT molecular complexity index is 503. The van der Waals surface area contributed by atoms with E-state index in [1.807, 2.05) is 6.92 Å². The number of carbonyl (C=O) groups excluding carboxylic acids is 3. The summed E-state index contributed by atoms with van der Waals surface area (Å²) in [4.78, 5) is 34.4. The number of rotatable bonds is 7. The number of carbonyl (C=O) groups is 3. The Kier molecular flexibility index (Phi) is 5.62. The van der Waals surface area contributed by atoms with Crippen LogP contribution in [0.5, 0.6) is 5.75 Å². The molecule has 0 spiro atoms. The van der Waals surface area contributed by atoms with Gasteiger partial charge >= 0.3 is 5.97 Å². The van der Waals surface area contributed by atoms with E-state index in [0.29, 0.717) is 18.3 Å². The van der Waals surface area contributed by atoms with Crippen molar-refractivity contribution in [1.82, 2.24) is 0 Å². The fourth-order valence-electron chi connectivity index (χ4n) is 1.49. The van der Waals surface area contributed by atoms with E-state index < -0.39 is 5.41 Å². The zero-order valence-electron chi connectivity index (χ0n) is 12.1. The maximum Gasteiger partial charge on any atom is 0.316 e. The van der Waals surface area contributed by atoms with E-state index in [1.165, 1.54) is 0 Å². The Morgan fingerprint density at radius 2 is 1.90 bits per heavy atom. The number of aldehydes is 1. The lowest BCUT2D eigenvalue weighted by molar-refractivity contribution is -0.144. The van der Waals surface area contributed by atoms with Crippen LogP contribution in [-0.2, 0) is 9.59 Å². The Morgan fingerprint density at radius 1 is 1.25 bits per heavy atom. The van der Waals surface area contributed by atoms with E-state index in [1.54, 1.807) is 38.1 Å². The molecular weight excluding hydrogens is 256 g/mol. The highest BCUT2D eigenvalue weighted by Gasteiger charge is 2.28. The van der Waals surface area contributed by atoms with E-state index >= 15 is 0 Å². The lowest BCUT2D eigenvalue weighted by atomic mass is 9.90. The molecule has 108 valence electrons. The number of ketones is 1. The summed E-state index contributed by atoms with van der Waals surface area (Å²) in [5.74, 6) is -0.305. The lowest BCUT2D eigenvalue weighted by Crippen LogP contribution is -2.28. The number of hydrogen-bond donors (Lipinski definition) is 0. The van der Waals surface area contributed by atoms with E-state index in [4.69, 9.17) is 4.74 Å². The van der Waals surface area contributed by atoms with E-state index in [0.717, 1.165) is 0 Å². The minimum atomic E-state index is -0.598. The van der Waals surface area contributed by atoms with Crippen LogP contribution in [0, 0.1) is 5.41 Å². The molecule has 0 aliphatic heterocycles. The SMILES string of the molecule is CCC(C)(C)C(=O)Oc1ccccc1C(=O)CCC=O. The largest absolute Gasteiger partial charge is 0.425 e. The molecule has 0 aliphatic rings. The van der Waals surface area contributed by atoms with Gasteiger partial charge in [-0.3, -0.25) is 9.59 Å². The molecule has 1 aromatic rings. The van der Waals surface area contributed by atoms with Gasteiger partial charge in [0.2, 0.25) is 0 Å². The van der Waals surface area contributed by atoms with Crippen molar-refractivity contribution in [3.63, 3.8) is 0 Å². The van der Waals surface area contributed by atoms with Crippen LogP contribution in [0.3, 0.4) is 0 Å². The van der Waals surface area contributed by atoms with Crippen molar-refractivity contribution in [2.45, 2.75) is 40.0 Å². The van der Waals surface area contributed by atoms with Crippen molar-refractivity contribution < 1.29 is 19.1 Å². The van der Waals surface area contributed by atoms with Crippen LogP contribution < -0.4 is 4.74 Å². The summed E-state index contributed by atoms with van der Waals surface area (Å²) in [5, 5.41) is 0. The van der Waals surface area contributed by atoms with Gasteiger partial charge in [-0.15, -0.1) is 0 Å². The topological polar surface area (TPSA) is 60.4 Å². The van der Waals surface area contributed by atoms with Crippen LogP contribution in [0.25, 0.3) is 0 Å². The maximum atomic E-state index is 12.1. The molecule has 0 aromatic heterocycles. The van der Waals surface area contributed by atoms with Gasteiger partial charge in [0.1, 0.15) is 12.0 Å². The fourth-order valence-corrected chi connectivity index (χ4v) is 1.49.